The summed E-state index contributed by atoms with van der Waals surface area (Å²) in [5.41, 5.74) is 6.38. The number of aliphatic hydroxyl groups is 7. The standard InChI is InChI=1S/C32H46N2O5.C31H44N2O5.C30H42N2O5.C3H4Cl2O2.CH4O/c1-23-12-5-7-15-29(23)39-30-16-8-6-14-26(30)32(37,17-9-10-19-38-4)25-13-11-18-34(22-25)31(36)24-20-27(33(2)3)28(35)21-24;1-22-11-4-6-14-28(22)38-29-15-7-5-13-25(29)31(36,16-8-9-18-37-3)24-12-10-17-33(21-24)30(35)23-19-26(32-2)27(34)20-23;1-21-10-3-5-13-27(21)37-28-14-6-4-12-24(28)30(35,15-7-8-17-36-2)23-11-9-16-32(20-23)29(34)22-18-25(31)26(33)19-22;1-2(4)7-3(5)6;1-2/h5-8,12,14-16,24-25,27-28,35,37H,9-11,13,17-22H2,1-4H3;4-7,11,13-15,23-24,26-27,32,34,36H,8-10,12,16-21H2,1-3H3;3-6,10,12-14,22-23,25-26,33,35H,7-9,11,15-20,31H2,1-2H3;2H,1H3;2H,1H3/t24-,25+,27+,28+,32-;23-,24+,26+,27+,31-;22-,23+,25+,26+,30-;;/m000../s1. The van der Waals surface area contributed by atoms with Crippen LogP contribution in [0.25, 0.3) is 0 Å². The molecule has 16 atom stereocenters. The molecule has 3 amide bonds. The minimum absolute atomic E-state index is 0.00252. The maximum atomic E-state index is 13.6. The van der Waals surface area contributed by atoms with Crippen molar-refractivity contribution in [3.63, 3.8) is 0 Å². The van der Waals surface area contributed by atoms with Crippen molar-refractivity contribution >= 4 is 46.4 Å². The van der Waals surface area contributed by atoms with Crippen molar-refractivity contribution in [2.24, 2.45) is 41.2 Å². The van der Waals surface area contributed by atoms with Gasteiger partial charge in [-0.1, -0.05) is 121 Å². The summed E-state index contributed by atoms with van der Waals surface area (Å²) in [7, 11) is 11.8. The molecule has 26 heteroatoms. The molecule has 680 valence electrons. The predicted octanol–water partition coefficient (Wildman–Crippen LogP) is 14.8. The Kier molecular flexibility index (Phi) is 41.3. The first-order chi connectivity index (χ1) is 59.1. The molecule has 0 aromatic heterocycles. The Morgan fingerprint density at radius 2 is 0.780 bits per heavy atom. The molecule has 3 saturated carbocycles. The Balaban J connectivity index is 0.000000218. The number of benzene rings is 6. The van der Waals surface area contributed by atoms with E-state index >= 15 is 0 Å². The third-order valence-corrected chi connectivity index (χ3v) is 25.8. The van der Waals surface area contributed by atoms with Crippen molar-refractivity contribution in [2.75, 3.05) is 109 Å². The molecule has 12 rings (SSSR count). The molecule has 3 aliphatic heterocycles. The number of nitrogens with zero attached hydrogens (tertiary/aromatic N) is 4. The number of alkyl halides is 1. The van der Waals surface area contributed by atoms with Gasteiger partial charge in [-0.25, -0.2) is 4.79 Å². The summed E-state index contributed by atoms with van der Waals surface area (Å²) >= 11 is 9.87. The van der Waals surface area contributed by atoms with Crippen LogP contribution in [0.4, 0.5) is 4.79 Å². The topological polar surface area (TPSA) is 326 Å². The van der Waals surface area contributed by atoms with Gasteiger partial charge in [0.2, 0.25) is 17.7 Å². The summed E-state index contributed by atoms with van der Waals surface area (Å²) in [6.07, 6.45) is 13.1. The lowest BCUT2D eigenvalue weighted by Crippen LogP contribution is -2.49. The summed E-state index contributed by atoms with van der Waals surface area (Å²) in [5, 5.41) is 78.7. The van der Waals surface area contributed by atoms with Crippen LogP contribution in [0.2, 0.25) is 0 Å². The number of halogens is 2. The molecule has 0 spiro atoms. The second-order valence-corrected chi connectivity index (χ2v) is 35.2. The molecule has 6 aromatic rings. The molecule has 24 nitrogen and oxygen atoms in total. The number of carbonyl (C=O) groups excluding carboxylic acids is 4. The van der Waals surface area contributed by atoms with Crippen molar-refractivity contribution in [2.45, 2.75) is 221 Å². The molecule has 3 heterocycles. The van der Waals surface area contributed by atoms with Crippen LogP contribution in [0.15, 0.2) is 146 Å². The van der Waals surface area contributed by atoms with Crippen LogP contribution < -0.4 is 25.3 Å². The fourth-order valence-corrected chi connectivity index (χ4v) is 19.1. The number of unbranched alkanes of at least 4 members (excludes halogenated alkanes) is 3. The first-order valence-corrected chi connectivity index (χ1v) is 45.0. The number of carbonyl (C=O) groups is 4. The predicted molar refractivity (Wildman–Crippen MR) is 480 cm³/mol. The zero-order chi connectivity index (χ0) is 89.4. The maximum Gasteiger partial charge on any atom is 0.405 e. The fraction of sp³-hybridized carbons (Fsp3) is 0.588. The van der Waals surface area contributed by atoms with E-state index in [4.69, 9.17) is 62.5 Å². The fourth-order valence-electron chi connectivity index (χ4n) is 18.8. The highest BCUT2D eigenvalue weighted by atomic mass is 35.5. The van der Waals surface area contributed by atoms with Crippen molar-refractivity contribution in [1.29, 1.82) is 0 Å². The average Bonchev–Trinajstić information content (AvgIpc) is 1.39. The molecule has 10 N–H and O–H groups in total. The number of amides is 3. The van der Waals surface area contributed by atoms with E-state index in [1.807, 2.05) is 207 Å². The third-order valence-electron chi connectivity index (χ3n) is 25.6. The van der Waals surface area contributed by atoms with Crippen molar-refractivity contribution in [3.8, 4) is 34.5 Å². The minimum Gasteiger partial charge on any atom is -0.457 e. The van der Waals surface area contributed by atoms with E-state index in [9.17, 15) is 49.8 Å². The van der Waals surface area contributed by atoms with Crippen LogP contribution in [0.3, 0.4) is 0 Å². The number of likely N-dealkylation sites (N-methyl/N-ethyl adjacent to an activating group) is 2. The Morgan fingerprint density at radius 3 is 1.06 bits per heavy atom. The minimum atomic E-state index is -1.17. The van der Waals surface area contributed by atoms with Gasteiger partial charge in [-0.2, -0.15) is 0 Å². The highest BCUT2D eigenvalue weighted by Gasteiger charge is 2.49. The lowest BCUT2D eigenvalue weighted by atomic mass is 9.73. The Hall–Kier alpha value is -7.34. The maximum absolute atomic E-state index is 13.6. The second-order valence-electron chi connectivity index (χ2n) is 34.3. The molecular formula is C97H140Cl2N6O18. The number of aryl methyl sites for hydroxylation is 3. The number of nitrogens with one attached hydrogen (secondary N) is 1. The van der Waals surface area contributed by atoms with Gasteiger partial charge >= 0.3 is 5.43 Å². The molecule has 0 radical (unpaired) electrons. The normalized spacial score (nSPS) is 24.2. The molecule has 1 unspecified atom stereocenters. The van der Waals surface area contributed by atoms with E-state index in [-0.39, 0.29) is 71.4 Å². The number of aliphatic hydroxyl groups excluding tert-OH is 4. The smallest absolute Gasteiger partial charge is 0.405 e. The van der Waals surface area contributed by atoms with E-state index in [2.05, 4.69) is 10.1 Å². The van der Waals surface area contributed by atoms with Crippen molar-refractivity contribution in [3.05, 3.63) is 179 Å². The van der Waals surface area contributed by atoms with Gasteiger partial charge in [0.05, 0.1) is 35.1 Å². The third kappa shape index (κ3) is 28.1. The molecule has 123 heavy (non-hydrogen) atoms. The molecule has 3 aliphatic carbocycles. The van der Waals surface area contributed by atoms with Crippen LogP contribution >= 0.6 is 23.2 Å². The Labute approximate surface area is 740 Å². The average molecular weight is 1750 g/mol. The summed E-state index contributed by atoms with van der Waals surface area (Å²) in [6, 6.07) is 46.5. The van der Waals surface area contributed by atoms with Crippen LogP contribution in [0, 0.1) is 56.3 Å². The van der Waals surface area contributed by atoms with Crippen molar-refractivity contribution in [1.82, 2.24) is 24.9 Å². The van der Waals surface area contributed by atoms with Crippen LogP contribution in [0.1, 0.15) is 175 Å². The first-order valence-electron chi connectivity index (χ1n) is 44.1. The monoisotopic (exact) mass is 1750 g/mol. The Bertz CT molecular complexity index is 4190. The van der Waals surface area contributed by atoms with Gasteiger partial charge in [0.25, 0.3) is 0 Å². The van der Waals surface area contributed by atoms with Gasteiger partial charge in [0.15, 0.2) is 5.56 Å². The van der Waals surface area contributed by atoms with Gasteiger partial charge in [-0.15, -0.1) is 0 Å². The van der Waals surface area contributed by atoms with Gasteiger partial charge < -0.3 is 99.6 Å². The molecule has 6 aliphatic rings. The van der Waals surface area contributed by atoms with Gasteiger partial charge in [0.1, 0.15) is 34.5 Å². The molecule has 3 saturated heterocycles. The van der Waals surface area contributed by atoms with E-state index in [0.717, 1.165) is 135 Å². The van der Waals surface area contributed by atoms with Crippen LogP contribution in [-0.2, 0) is 50.1 Å². The quantitative estimate of drug-likeness (QED) is 0.0105. The number of para-hydroxylation sites is 6. The summed E-state index contributed by atoms with van der Waals surface area (Å²) < 4.78 is 39.1. The summed E-state index contributed by atoms with van der Waals surface area (Å²) in [6.45, 7) is 13.0. The molecule has 6 fully saturated rings. The lowest BCUT2D eigenvalue weighted by molar-refractivity contribution is -0.142. The number of likely N-dealkylation sites (tertiary alicyclic amines) is 3. The summed E-state index contributed by atoms with van der Waals surface area (Å²) in [4.78, 5) is 58.0. The zero-order valence-electron chi connectivity index (χ0n) is 74.3. The van der Waals surface area contributed by atoms with E-state index in [1.165, 1.54) is 6.92 Å². The van der Waals surface area contributed by atoms with E-state index in [0.29, 0.717) is 134 Å². The van der Waals surface area contributed by atoms with Crippen LogP contribution in [-0.4, -0.2) is 229 Å². The number of hydrogen-bond acceptors (Lipinski definition) is 21. The number of hydrogen-bond donors (Lipinski definition) is 9. The number of methoxy groups -OCH3 is 3. The highest BCUT2D eigenvalue weighted by Crippen LogP contribution is 2.50. The van der Waals surface area contributed by atoms with Crippen molar-refractivity contribution < 1.29 is 88.1 Å². The zero-order valence-corrected chi connectivity index (χ0v) is 75.8. The number of rotatable bonds is 33. The van der Waals surface area contributed by atoms with Gasteiger partial charge in [-0.3, -0.25) is 14.4 Å². The SMILES string of the molecule is CC(Cl)OC(=O)Cl.CN[C@@H]1C[C@H](C(=O)N2CCC[C@@H]([C@@](O)(CCCCOC)c3ccccc3Oc3ccccc3C)C2)C[C@H]1O.CO.COCCCC[C@@](O)(c1ccccc1Oc1ccccc1C)[C@@H]1CCCN(C(=O)[C@@H]2C[C@@H](O)[C@H](N(C)C)C2)C1.COCCCC[C@@](O)(c1ccccc1Oc1ccccc1C)[C@@H]1CCCN(C(=O)[C@H]2C[C@@H](N)[C@H](O)C2)C1. The van der Waals surface area contributed by atoms with E-state index < -0.39 is 46.1 Å². The molecular weight excluding hydrogens is 1610 g/mol. The first kappa shape index (κ1) is 101. The second kappa shape index (κ2) is 50.3. The number of piperidine rings is 3. The largest absolute Gasteiger partial charge is 0.457 e. The molecule has 6 aromatic carbocycles. The lowest BCUT2D eigenvalue weighted by Gasteiger charge is -2.44. The number of nitrogens with two attached hydrogens (primary N) is 1. The Morgan fingerprint density at radius 1 is 0.472 bits per heavy atom. The number of ether oxygens (including phenoxy) is 7. The van der Waals surface area contributed by atoms with Crippen LogP contribution in [0.5, 0.6) is 34.5 Å². The summed E-state index contributed by atoms with van der Waals surface area (Å²) in [5.74, 6) is 3.44. The van der Waals surface area contributed by atoms with E-state index in [1.54, 1.807) is 21.3 Å². The van der Waals surface area contributed by atoms with Gasteiger partial charge in [-0.05, 0) is 237 Å². The molecule has 0 bridgehead atoms. The highest BCUT2D eigenvalue weighted by molar-refractivity contribution is 6.61. The van der Waals surface area contributed by atoms with Gasteiger partial charge in [0, 0.05) is 169 Å².